The molecular formula is C30H43N3O4S. The molecule has 8 heteroatoms. The van der Waals surface area contributed by atoms with Crippen molar-refractivity contribution >= 4 is 23.3 Å². The first-order valence-electron chi connectivity index (χ1n) is 13.1. The number of likely N-dealkylation sites (N-methyl/N-ethyl adjacent to an activating group) is 1. The van der Waals surface area contributed by atoms with Gasteiger partial charge in [0.05, 0.1) is 17.1 Å². The van der Waals surface area contributed by atoms with Gasteiger partial charge in [-0.3, -0.25) is 4.79 Å². The molecule has 2 bridgehead atoms. The Morgan fingerprint density at radius 1 is 1.16 bits per heavy atom. The molecule has 3 atom stereocenters. The molecule has 7 nitrogen and oxygen atoms in total. The number of allylic oxidation sites excluding steroid dienone is 6. The van der Waals surface area contributed by atoms with E-state index in [1.54, 1.807) is 6.08 Å². The molecule has 2 rings (SSSR count). The molecule has 0 radical (unpaired) electrons. The molecular weight excluding hydrogens is 498 g/mol. The number of cyclic esters (lactones) is 2. The van der Waals surface area contributed by atoms with Crippen LogP contribution in [0.3, 0.4) is 0 Å². The fourth-order valence-electron chi connectivity index (χ4n) is 3.83. The number of ether oxygens (including phenoxy) is 2. The van der Waals surface area contributed by atoms with Crippen LogP contribution in [0.1, 0.15) is 57.7 Å². The second kappa shape index (κ2) is 16.2. The number of rotatable bonds is 5. The Balaban J connectivity index is 2.25. The molecule has 1 aliphatic rings. The molecule has 0 spiro atoms. The van der Waals surface area contributed by atoms with Crippen LogP contribution in [-0.2, 0) is 31.9 Å². The van der Waals surface area contributed by atoms with E-state index in [-0.39, 0.29) is 24.5 Å². The van der Waals surface area contributed by atoms with Gasteiger partial charge in [-0.1, -0.05) is 47.1 Å². The van der Waals surface area contributed by atoms with E-state index in [0.29, 0.717) is 25.7 Å². The number of hydrogen-bond donors (Lipinski definition) is 1. The summed E-state index contributed by atoms with van der Waals surface area (Å²) >= 11 is 1.54. The Morgan fingerprint density at radius 2 is 1.89 bits per heavy atom. The number of hydrogen-bond acceptors (Lipinski definition) is 8. The summed E-state index contributed by atoms with van der Waals surface area (Å²) in [5.41, 5.74) is 10.3. The molecule has 2 heterocycles. The van der Waals surface area contributed by atoms with Gasteiger partial charge in [-0.15, -0.1) is 11.3 Å². The predicted octanol–water partition coefficient (Wildman–Crippen LogP) is 5.10. The second-order valence-corrected chi connectivity index (χ2v) is 11.2. The van der Waals surface area contributed by atoms with E-state index >= 15 is 0 Å². The summed E-state index contributed by atoms with van der Waals surface area (Å²) in [6, 6.07) is -0.289. The second-order valence-electron chi connectivity index (χ2n) is 10.2. The van der Waals surface area contributed by atoms with Crippen molar-refractivity contribution in [3.8, 4) is 0 Å². The normalized spacial score (nSPS) is 25.7. The van der Waals surface area contributed by atoms with Gasteiger partial charge in [0.2, 0.25) is 0 Å². The maximum Gasteiger partial charge on any atom is 0.331 e. The number of aryl methyl sites for hydroxylation is 1. The average molecular weight is 542 g/mol. The number of nitrogens with two attached hydrogens (primary N) is 1. The Bertz CT molecular complexity index is 1080. The first kappa shape index (κ1) is 31.4. The fourth-order valence-corrected chi connectivity index (χ4v) is 4.71. The van der Waals surface area contributed by atoms with E-state index in [0.717, 1.165) is 28.4 Å². The number of fused-ring (bicyclic) bond motifs is 2. The quantitative estimate of drug-likeness (QED) is 0.410. The van der Waals surface area contributed by atoms with Gasteiger partial charge in [-0.25, -0.2) is 9.78 Å². The molecule has 2 N–H and O–H groups in total. The van der Waals surface area contributed by atoms with Gasteiger partial charge in [-0.2, -0.15) is 0 Å². The van der Waals surface area contributed by atoms with Crippen LogP contribution in [0, 0.1) is 0 Å². The summed E-state index contributed by atoms with van der Waals surface area (Å²) in [6.45, 7) is 8.73. The van der Waals surface area contributed by atoms with E-state index in [9.17, 15) is 9.59 Å². The molecule has 1 aromatic rings. The third-order valence-electron chi connectivity index (χ3n) is 5.83. The first-order chi connectivity index (χ1) is 18.0. The zero-order valence-corrected chi connectivity index (χ0v) is 24.4. The van der Waals surface area contributed by atoms with Crippen LogP contribution in [0.2, 0.25) is 0 Å². The standard InChI is InChI=1S/C30H43N3O4S/c1-21(14-15-33(5)6)10-11-23(3)17-27-19-28-32-26(20-38-28)13-12-25(31)18-30(35)36-24(4)16-22(2)8-7-9-29(34)37-27/h7-11,14,17,20,24-25,27H,12-13,15-16,18-19,31H2,1-6H3/b9-7-,11-10+,21-14+,22-8+,23-17+/t24-,25+,27+/m0/s1. The van der Waals surface area contributed by atoms with Gasteiger partial charge >= 0.3 is 11.9 Å². The highest BCUT2D eigenvalue weighted by atomic mass is 32.1. The molecule has 0 saturated heterocycles. The third-order valence-corrected chi connectivity index (χ3v) is 6.75. The summed E-state index contributed by atoms with van der Waals surface area (Å²) in [5, 5.41) is 2.88. The van der Waals surface area contributed by atoms with Crippen molar-refractivity contribution < 1.29 is 19.1 Å². The van der Waals surface area contributed by atoms with Gasteiger partial charge in [0.25, 0.3) is 0 Å². The van der Waals surface area contributed by atoms with Crippen LogP contribution < -0.4 is 5.73 Å². The molecule has 0 fully saturated rings. The monoisotopic (exact) mass is 541 g/mol. The first-order valence-corrected chi connectivity index (χ1v) is 14.0. The zero-order valence-electron chi connectivity index (χ0n) is 23.6. The lowest BCUT2D eigenvalue weighted by Gasteiger charge is -2.15. The lowest BCUT2D eigenvalue weighted by Crippen LogP contribution is -2.27. The number of nitrogens with zero attached hydrogens (tertiary/aromatic N) is 2. The topological polar surface area (TPSA) is 94.8 Å². The van der Waals surface area contributed by atoms with Crippen LogP contribution in [0.15, 0.2) is 64.6 Å². The Kier molecular flexibility index (Phi) is 13.4. The highest BCUT2D eigenvalue weighted by Gasteiger charge is 2.17. The molecule has 0 aliphatic carbocycles. The molecule has 0 unspecified atom stereocenters. The number of carbonyl (C=O) groups excluding carboxylic acids is 2. The predicted molar refractivity (Wildman–Crippen MR) is 155 cm³/mol. The molecule has 0 amide bonds. The van der Waals surface area contributed by atoms with Crippen molar-refractivity contribution in [1.29, 1.82) is 0 Å². The maximum atomic E-state index is 12.6. The summed E-state index contributed by atoms with van der Waals surface area (Å²) in [5.74, 6) is -0.717. The summed E-state index contributed by atoms with van der Waals surface area (Å²) < 4.78 is 11.3. The molecule has 38 heavy (non-hydrogen) atoms. The lowest BCUT2D eigenvalue weighted by molar-refractivity contribution is -0.148. The van der Waals surface area contributed by atoms with E-state index in [4.69, 9.17) is 20.2 Å². The van der Waals surface area contributed by atoms with E-state index in [1.165, 1.54) is 23.0 Å². The van der Waals surface area contributed by atoms with Crippen molar-refractivity contribution in [1.82, 2.24) is 9.88 Å². The van der Waals surface area contributed by atoms with Crippen molar-refractivity contribution in [3.05, 3.63) is 75.3 Å². The van der Waals surface area contributed by atoms with Crippen molar-refractivity contribution in [2.24, 2.45) is 5.73 Å². The Hall–Kier alpha value is -2.81. The summed E-state index contributed by atoms with van der Waals surface area (Å²) in [7, 11) is 4.07. The fraction of sp³-hybridized carbons (Fsp3) is 0.500. The van der Waals surface area contributed by atoms with Crippen LogP contribution in [0.4, 0.5) is 0 Å². The third kappa shape index (κ3) is 13.1. The number of carbonyl (C=O) groups is 2. The van der Waals surface area contributed by atoms with Crippen LogP contribution in [0.5, 0.6) is 0 Å². The summed E-state index contributed by atoms with van der Waals surface area (Å²) in [4.78, 5) is 31.7. The minimum Gasteiger partial charge on any atom is -0.462 e. The number of esters is 2. The summed E-state index contributed by atoms with van der Waals surface area (Å²) in [6.07, 6.45) is 15.0. The lowest BCUT2D eigenvalue weighted by atomic mass is 10.1. The number of aromatic nitrogens is 1. The molecule has 0 aromatic carbocycles. The molecule has 208 valence electrons. The minimum absolute atomic E-state index is 0.176. The smallest absolute Gasteiger partial charge is 0.331 e. The van der Waals surface area contributed by atoms with Crippen molar-refractivity contribution in [2.75, 3.05) is 20.6 Å². The molecule has 1 aliphatic heterocycles. The minimum atomic E-state index is -0.456. The van der Waals surface area contributed by atoms with E-state index < -0.39 is 12.1 Å². The zero-order chi connectivity index (χ0) is 28.1. The highest BCUT2D eigenvalue weighted by molar-refractivity contribution is 7.09. The van der Waals surface area contributed by atoms with Gasteiger partial charge in [0.15, 0.2) is 0 Å². The Labute approximate surface area is 231 Å². The van der Waals surface area contributed by atoms with E-state index in [1.807, 2.05) is 58.5 Å². The van der Waals surface area contributed by atoms with Crippen molar-refractivity contribution in [3.63, 3.8) is 0 Å². The SMILES string of the molecule is CC(/C=C/C(C)=C/[C@@H]1Cc2nc(cs2)CC[C@@H](N)CC(=O)O[C@@H](C)C/C(C)=C/C=C\C(=O)O1)=C\CN(C)C. The maximum absolute atomic E-state index is 12.6. The van der Waals surface area contributed by atoms with Gasteiger partial charge < -0.3 is 20.1 Å². The highest BCUT2D eigenvalue weighted by Crippen LogP contribution is 2.18. The van der Waals surface area contributed by atoms with Crippen LogP contribution >= 0.6 is 11.3 Å². The van der Waals surface area contributed by atoms with Gasteiger partial charge in [-0.05, 0) is 60.7 Å². The van der Waals surface area contributed by atoms with Gasteiger partial charge in [0, 0.05) is 36.9 Å². The average Bonchev–Trinajstić information content (AvgIpc) is 3.26. The van der Waals surface area contributed by atoms with Crippen molar-refractivity contribution in [2.45, 2.75) is 78.0 Å². The van der Waals surface area contributed by atoms with E-state index in [2.05, 4.69) is 24.0 Å². The largest absolute Gasteiger partial charge is 0.462 e. The number of thiazole rings is 1. The van der Waals surface area contributed by atoms with Crippen LogP contribution in [-0.4, -0.2) is 60.7 Å². The molecule has 1 aromatic heterocycles. The Morgan fingerprint density at radius 3 is 2.63 bits per heavy atom. The molecule has 0 saturated carbocycles. The van der Waals surface area contributed by atoms with Crippen LogP contribution in [0.25, 0.3) is 0 Å². The van der Waals surface area contributed by atoms with Gasteiger partial charge in [0.1, 0.15) is 12.2 Å².